The van der Waals surface area contributed by atoms with Crippen LogP contribution in [0.1, 0.15) is 92.9 Å². The first-order valence-electron chi connectivity index (χ1n) is 13.8. The first kappa shape index (κ1) is 26.0. The van der Waals surface area contributed by atoms with E-state index in [0.29, 0.717) is 25.7 Å². The Bertz CT molecular complexity index is 1070. The van der Waals surface area contributed by atoms with Gasteiger partial charge in [-0.15, -0.1) is 0 Å². The van der Waals surface area contributed by atoms with E-state index in [1.54, 1.807) is 6.92 Å². The molecule has 3 saturated carbocycles. The van der Waals surface area contributed by atoms with Crippen LogP contribution in [0.25, 0.3) is 0 Å². The van der Waals surface area contributed by atoms with Gasteiger partial charge in [-0.05, 0) is 103 Å². The highest BCUT2D eigenvalue weighted by Crippen LogP contribution is 2.75. The minimum Gasteiger partial charge on any atom is -0.481 e. The summed E-state index contributed by atoms with van der Waals surface area (Å²) < 4.78 is 0. The van der Waals surface area contributed by atoms with E-state index in [2.05, 4.69) is 46.8 Å². The van der Waals surface area contributed by atoms with Crippen molar-refractivity contribution in [2.75, 3.05) is 0 Å². The van der Waals surface area contributed by atoms with Crippen LogP contribution in [-0.2, 0) is 9.59 Å². The van der Waals surface area contributed by atoms with Gasteiger partial charge in [0.25, 0.3) is 0 Å². The van der Waals surface area contributed by atoms with E-state index in [9.17, 15) is 30.0 Å². The second-order valence-electron chi connectivity index (χ2n) is 14.5. The number of rotatable bonds is 2. The summed E-state index contributed by atoms with van der Waals surface area (Å²) in [5.74, 6) is -1.86. The van der Waals surface area contributed by atoms with Crippen molar-refractivity contribution in [1.29, 1.82) is 0 Å². The lowest BCUT2D eigenvalue weighted by Crippen LogP contribution is -2.68. The van der Waals surface area contributed by atoms with Gasteiger partial charge in [0.2, 0.25) is 0 Å². The number of fused-ring (bicyclic) bond motifs is 7. The number of aliphatic hydroxyl groups is 2. The minimum absolute atomic E-state index is 0.0539. The van der Waals surface area contributed by atoms with E-state index >= 15 is 0 Å². The molecule has 0 heterocycles. The molecular formula is C30H44O6. The van der Waals surface area contributed by atoms with Gasteiger partial charge in [0.05, 0.1) is 23.0 Å². The maximum atomic E-state index is 12.7. The van der Waals surface area contributed by atoms with Crippen molar-refractivity contribution in [2.24, 2.45) is 44.3 Å². The summed E-state index contributed by atoms with van der Waals surface area (Å²) in [4.78, 5) is 25.3. The van der Waals surface area contributed by atoms with Crippen LogP contribution in [0, 0.1) is 44.3 Å². The van der Waals surface area contributed by atoms with Crippen molar-refractivity contribution in [3.8, 4) is 0 Å². The third-order valence-corrected chi connectivity index (χ3v) is 12.5. The second kappa shape index (κ2) is 7.47. The molecular weight excluding hydrogens is 456 g/mol. The normalized spacial score (nSPS) is 51.4. The third-order valence-electron chi connectivity index (χ3n) is 12.5. The van der Waals surface area contributed by atoms with Crippen LogP contribution < -0.4 is 0 Å². The summed E-state index contributed by atoms with van der Waals surface area (Å²) in [5.41, 5.74) is -0.923. The number of carboxylic acid groups (broad SMARTS) is 2. The van der Waals surface area contributed by atoms with Gasteiger partial charge in [0.15, 0.2) is 0 Å². The summed E-state index contributed by atoms with van der Waals surface area (Å²) in [6, 6.07) is 0. The average Bonchev–Trinajstić information content (AvgIpc) is 2.77. The van der Waals surface area contributed by atoms with Gasteiger partial charge in [-0.1, -0.05) is 46.8 Å². The predicted molar refractivity (Wildman–Crippen MR) is 136 cm³/mol. The van der Waals surface area contributed by atoms with E-state index in [1.807, 2.05) is 0 Å². The first-order chi connectivity index (χ1) is 16.5. The van der Waals surface area contributed by atoms with Crippen LogP contribution in [0.4, 0.5) is 0 Å². The molecule has 9 atom stereocenters. The summed E-state index contributed by atoms with van der Waals surface area (Å²) in [6.07, 6.45) is 7.71. The fourth-order valence-corrected chi connectivity index (χ4v) is 10.1. The zero-order valence-corrected chi connectivity index (χ0v) is 22.7. The number of aliphatic hydroxyl groups excluding tert-OH is 2. The van der Waals surface area contributed by atoms with Crippen molar-refractivity contribution in [1.82, 2.24) is 0 Å². The molecule has 0 aromatic heterocycles. The Balaban J connectivity index is 1.66. The van der Waals surface area contributed by atoms with Gasteiger partial charge in [-0.25, -0.2) is 0 Å². The number of hydrogen-bond acceptors (Lipinski definition) is 4. The van der Waals surface area contributed by atoms with Crippen LogP contribution in [0.2, 0.25) is 0 Å². The first-order valence-corrected chi connectivity index (χ1v) is 13.8. The number of aliphatic carboxylic acids is 2. The molecule has 36 heavy (non-hydrogen) atoms. The molecule has 0 amide bonds. The lowest BCUT2D eigenvalue weighted by Gasteiger charge is -2.70. The van der Waals surface area contributed by atoms with E-state index in [-0.39, 0.29) is 28.1 Å². The Hall–Kier alpha value is -1.66. The molecule has 6 nitrogen and oxygen atoms in total. The molecule has 0 bridgehead atoms. The van der Waals surface area contributed by atoms with Crippen molar-refractivity contribution >= 4 is 11.9 Å². The summed E-state index contributed by atoms with van der Waals surface area (Å²) in [6.45, 7) is 12.8. The fraction of sp³-hybridized carbons (Fsp3) is 0.800. The zero-order valence-electron chi connectivity index (χ0n) is 22.7. The van der Waals surface area contributed by atoms with Crippen molar-refractivity contribution in [3.05, 3.63) is 23.3 Å². The summed E-state index contributed by atoms with van der Waals surface area (Å²) in [5, 5.41) is 42.5. The molecule has 2 unspecified atom stereocenters. The van der Waals surface area contributed by atoms with Gasteiger partial charge in [-0.3, -0.25) is 9.59 Å². The highest BCUT2D eigenvalue weighted by molar-refractivity contribution is 5.82. The Morgan fingerprint density at radius 1 is 0.833 bits per heavy atom. The molecule has 0 aromatic carbocycles. The molecule has 0 radical (unpaired) electrons. The van der Waals surface area contributed by atoms with Gasteiger partial charge in [0, 0.05) is 0 Å². The summed E-state index contributed by atoms with van der Waals surface area (Å²) in [7, 11) is 0. The van der Waals surface area contributed by atoms with Gasteiger partial charge in [-0.2, -0.15) is 0 Å². The smallest absolute Gasteiger partial charge is 0.314 e. The van der Waals surface area contributed by atoms with Crippen molar-refractivity contribution < 1.29 is 30.0 Å². The Labute approximate surface area is 214 Å². The molecule has 6 heteroatoms. The Kier molecular flexibility index (Phi) is 5.39. The molecule has 0 spiro atoms. The molecule has 4 N–H and O–H groups in total. The summed E-state index contributed by atoms with van der Waals surface area (Å²) >= 11 is 0. The maximum Gasteiger partial charge on any atom is 0.314 e. The quantitative estimate of drug-likeness (QED) is 0.415. The molecule has 0 saturated heterocycles. The molecule has 0 aliphatic heterocycles. The SMILES string of the molecule is CC1(C)C=C2C3=CC[C@@H]4[C@@]5(C)C[C@@H](O)[C@H](O)C(C)(C(=O)O)C5CC[C@@]4(C)[C@]3(C)CC[C@@]2(C(=O)O)CC1. The number of carbonyl (C=O) groups is 2. The molecule has 0 aromatic rings. The molecule has 5 aliphatic rings. The van der Waals surface area contributed by atoms with E-state index < -0.39 is 40.4 Å². The standard InChI is InChI=1S/C30H44O6/c1-25(2)11-13-30(24(35)36)14-12-27(4)17(18(30)15-25)7-8-20-26(3)16-19(31)22(32)29(6,23(33)34)21(26)9-10-28(20,27)5/h7,15,19-22,31-32H,8-14,16H2,1-6H3,(H,33,34)(H,35,36)/t19-,20-,21?,22+,26-,27-,28-,29?,30+/m1/s1. The van der Waals surface area contributed by atoms with Crippen molar-refractivity contribution in [3.63, 3.8) is 0 Å². The van der Waals surface area contributed by atoms with Gasteiger partial charge in [0.1, 0.15) is 0 Å². The highest BCUT2D eigenvalue weighted by Gasteiger charge is 2.71. The molecule has 200 valence electrons. The second-order valence-corrected chi connectivity index (χ2v) is 14.5. The number of hydrogen-bond donors (Lipinski definition) is 4. The van der Waals surface area contributed by atoms with E-state index in [0.717, 1.165) is 31.3 Å². The zero-order chi connectivity index (χ0) is 26.7. The van der Waals surface area contributed by atoms with E-state index in [4.69, 9.17) is 0 Å². The van der Waals surface area contributed by atoms with Crippen LogP contribution >= 0.6 is 0 Å². The molecule has 5 rings (SSSR count). The molecule has 5 aliphatic carbocycles. The molecule has 3 fully saturated rings. The van der Waals surface area contributed by atoms with E-state index in [1.165, 1.54) is 5.57 Å². The number of allylic oxidation sites excluding steroid dienone is 3. The highest BCUT2D eigenvalue weighted by atomic mass is 16.4. The lowest BCUT2D eigenvalue weighted by molar-refractivity contribution is -0.237. The fourth-order valence-electron chi connectivity index (χ4n) is 10.1. The Morgan fingerprint density at radius 2 is 1.47 bits per heavy atom. The number of carboxylic acids is 2. The average molecular weight is 501 g/mol. The van der Waals surface area contributed by atoms with Crippen LogP contribution in [0.15, 0.2) is 23.3 Å². The lowest BCUT2D eigenvalue weighted by atomic mass is 9.34. The van der Waals surface area contributed by atoms with Crippen molar-refractivity contribution in [2.45, 2.75) is 105 Å². The van der Waals surface area contributed by atoms with Gasteiger partial charge >= 0.3 is 11.9 Å². The third kappa shape index (κ3) is 2.92. The Morgan fingerprint density at radius 3 is 2.08 bits per heavy atom. The maximum absolute atomic E-state index is 12.7. The predicted octanol–water partition coefficient (Wildman–Crippen LogP) is 5.19. The monoisotopic (exact) mass is 500 g/mol. The van der Waals surface area contributed by atoms with Crippen LogP contribution in [-0.4, -0.2) is 44.6 Å². The minimum atomic E-state index is -1.40. The topological polar surface area (TPSA) is 115 Å². The van der Waals surface area contributed by atoms with Gasteiger partial charge < -0.3 is 20.4 Å². The van der Waals surface area contributed by atoms with Crippen LogP contribution in [0.5, 0.6) is 0 Å². The van der Waals surface area contributed by atoms with Crippen LogP contribution in [0.3, 0.4) is 0 Å². The largest absolute Gasteiger partial charge is 0.481 e.